The maximum absolute atomic E-state index is 5.31. The van der Waals surface area contributed by atoms with Gasteiger partial charge in [0, 0.05) is 19.2 Å². The molecule has 0 amide bonds. The second-order valence-electron chi connectivity index (χ2n) is 4.58. The van der Waals surface area contributed by atoms with Crippen molar-refractivity contribution in [1.29, 1.82) is 0 Å². The zero-order valence-electron chi connectivity index (χ0n) is 9.33. The van der Waals surface area contributed by atoms with E-state index in [-0.39, 0.29) is 0 Å². The minimum absolute atomic E-state index is 0.544. The topological polar surface area (TPSA) is 24.5 Å². The Kier molecular flexibility index (Phi) is 3.42. The summed E-state index contributed by atoms with van der Waals surface area (Å²) in [6, 6.07) is 1.57. The molecule has 1 aliphatic heterocycles. The van der Waals surface area contributed by atoms with Gasteiger partial charge in [0.05, 0.1) is 6.10 Å². The first kappa shape index (κ1) is 10.4. The standard InChI is InChI=1S/C11H22N2O/c1-12-9-3-5-13(6-4-9)10-7-11(8-10)14-2/h9-12H,3-8H2,1-2H3. The average molecular weight is 198 g/mol. The van der Waals surface area contributed by atoms with Gasteiger partial charge in [0.1, 0.15) is 0 Å². The van der Waals surface area contributed by atoms with Crippen LogP contribution in [0.25, 0.3) is 0 Å². The van der Waals surface area contributed by atoms with E-state index in [1.807, 2.05) is 7.11 Å². The predicted molar refractivity (Wildman–Crippen MR) is 57.5 cm³/mol. The van der Waals surface area contributed by atoms with Gasteiger partial charge in [-0.15, -0.1) is 0 Å². The van der Waals surface area contributed by atoms with Gasteiger partial charge in [-0.2, -0.15) is 0 Å². The SMILES string of the molecule is CNC1CCN(C2CC(OC)C2)CC1. The van der Waals surface area contributed by atoms with E-state index in [1.165, 1.54) is 38.8 Å². The van der Waals surface area contributed by atoms with E-state index in [0.717, 1.165) is 12.1 Å². The molecule has 0 spiro atoms. The summed E-state index contributed by atoms with van der Waals surface area (Å²) in [5.74, 6) is 0. The van der Waals surface area contributed by atoms with Crippen LogP contribution in [0.1, 0.15) is 25.7 Å². The second kappa shape index (κ2) is 4.60. The van der Waals surface area contributed by atoms with Crippen LogP contribution in [-0.4, -0.2) is 50.3 Å². The van der Waals surface area contributed by atoms with Crippen LogP contribution >= 0.6 is 0 Å². The third-order valence-corrected chi connectivity index (χ3v) is 3.86. The molecule has 0 unspecified atom stereocenters. The zero-order valence-corrected chi connectivity index (χ0v) is 9.33. The van der Waals surface area contributed by atoms with E-state index in [0.29, 0.717) is 6.10 Å². The first-order valence-electron chi connectivity index (χ1n) is 5.77. The fraction of sp³-hybridized carbons (Fsp3) is 1.00. The number of methoxy groups -OCH3 is 1. The van der Waals surface area contributed by atoms with Gasteiger partial charge in [0.15, 0.2) is 0 Å². The van der Waals surface area contributed by atoms with Gasteiger partial charge in [-0.3, -0.25) is 0 Å². The van der Waals surface area contributed by atoms with Crippen LogP contribution in [0.5, 0.6) is 0 Å². The van der Waals surface area contributed by atoms with Crippen molar-refractivity contribution in [3.63, 3.8) is 0 Å². The van der Waals surface area contributed by atoms with Crippen molar-refractivity contribution in [3.05, 3.63) is 0 Å². The van der Waals surface area contributed by atoms with E-state index < -0.39 is 0 Å². The summed E-state index contributed by atoms with van der Waals surface area (Å²) in [6.07, 6.45) is 5.67. The molecule has 14 heavy (non-hydrogen) atoms. The summed E-state index contributed by atoms with van der Waals surface area (Å²) in [6.45, 7) is 2.54. The molecule has 1 saturated heterocycles. The lowest BCUT2D eigenvalue weighted by Crippen LogP contribution is -2.52. The highest BCUT2D eigenvalue weighted by Gasteiger charge is 2.34. The molecule has 1 saturated carbocycles. The van der Waals surface area contributed by atoms with Crippen LogP contribution in [0, 0.1) is 0 Å². The molecule has 3 nitrogen and oxygen atoms in total. The molecule has 2 aliphatic rings. The van der Waals surface area contributed by atoms with Crippen molar-refractivity contribution in [2.24, 2.45) is 0 Å². The van der Waals surface area contributed by atoms with E-state index in [2.05, 4.69) is 17.3 Å². The van der Waals surface area contributed by atoms with Gasteiger partial charge >= 0.3 is 0 Å². The van der Waals surface area contributed by atoms with Gasteiger partial charge in [-0.05, 0) is 45.8 Å². The molecule has 0 atom stereocenters. The van der Waals surface area contributed by atoms with Gasteiger partial charge < -0.3 is 15.0 Å². The highest BCUT2D eigenvalue weighted by molar-refractivity contribution is 4.90. The number of hydrogen-bond donors (Lipinski definition) is 1. The third kappa shape index (κ3) is 2.10. The van der Waals surface area contributed by atoms with Crippen LogP contribution in [0.4, 0.5) is 0 Å². The molecule has 2 fully saturated rings. The molecule has 0 radical (unpaired) electrons. The highest BCUT2D eigenvalue weighted by atomic mass is 16.5. The van der Waals surface area contributed by atoms with Gasteiger partial charge in [-0.1, -0.05) is 0 Å². The Hall–Kier alpha value is -0.120. The molecule has 1 aliphatic carbocycles. The second-order valence-corrected chi connectivity index (χ2v) is 4.58. The van der Waals surface area contributed by atoms with Gasteiger partial charge in [-0.25, -0.2) is 0 Å². The molecule has 2 rings (SSSR count). The van der Waals surface area contributed by atoms with Crippen molar-refractivity contribution in [2.45, 2.75) is 43.9 Å². The number of nitrogens with zero attached hydrogens (tertiary/aromatic N) is 1. The molecule has 0 bridgehead atoms. The molecule has 1 N–H and O–H groups in total. The predicted octanol–water partition coefficient (Wildman–Crippen LogP) is 0.848. The largest absolute Gasteiger partial charge is 0.381 e. The average Bonchev–Trinajstić information content (AvgIpc) is 2.17. The van der Waals surface area contributed by atoms with Crippen molar-refractivity contribution >= 4 is 0 Å². The van der Waals surface area contributed by atoms with Crippen LogP contribution in [0.2, 0.25) is 0 Å². The van der Waals surface area contributed by atoms with E-state index >= 15 is 0 Å². The molecule has 82 valence electrons. The number of piperidine rings is 1. The Labute approximate surface area is 86.8 Å². The van der Waals surface area contributed by atoms with Gasteiger partial charge in [0.2, 0.25) is 0 Å². The maximum atomic E-state index is 5.31. The molecular weight excluding hydrogens is 176 g/mol. The molecule has 0 aromatic heterocycles. The summed E-state index contributed by atoms with van der Waals surface area (Å²) >= 11 is 0. The lowest BCUT2D eigenvalue weighted by molar-refractivity contribution is -0.0341. The highest BCUT2D eigenvalue weighted by Crippen LogP contribution is 2.29. The first-order chi connectivity index (χ1) is 6.83. The van der Waals surface area contributed by atoms with E-state index in [4.69, 9.17) is 4.74 Å². The summed E-state index contributed by atoms with van der Waals surface area (Å²) in [7, 11) is 3.90. The summed E-state index contributed by atoms with van der Waals surface area (Å²) in [4.78, 5) is 2.64. The Bertz CT molecular complexity index is 172. The molecular formula is C11H22N2O. The minimum atomic E-state index is 0.544. The van der Waals surface area contributed by atoms with Crippen molar-refractivity contribution in [3.8, 4) is 0 Å². The summed E-state index contributed by atoms with van der Waals surface area (Å²) in [5.41, 5.74) is 0. The molecule has 3 heteroatoms. The third-order valence-electron chi connectivity index (χ3n) is 3.86. The summed E-state index contributed by atoms with van der Waals surface area (Å²) < 4.78 is 5.31. The molecule has 0 aromatic rings. The Morgan fingerprint density at radius 2 is 1.86 bits per heavy atom. The normalized spacial score (nSPS) is 35.6. The molecule has 0 aromatic carbocycles. The maximum Gasteiger partial charge on any atom is 0.0601 e. The smallest absolute Gasteiger partial charge is 0.0601 e. The lowest BCUT2D eigenvalue weighted by atomic mass is 9.86. The molecule has 1 heterocycles. The number of nitrogens with one attached hydrogen (secondary N) is 1. The van der Waals surface area contributed by atoms with E-state index in [9.17, 15) is 0 Å². The van der Waals surface area contributed by atoms with Gasteiger partial charge in [0.25, 0.3) is 0 Å². The fourth-order valence-electron chi connectivity index (χ4n) is 2.58. The number of ether oxygens (including phenoxy) is 1. The first-order valence-corrected chi connectivity index (χ1v) is 5.77. The monoisotopic (exact) mass is 198 g/mol. The van der Waals surface area contributed by atoms with Crippen LogP contribution in [0.15, 0.2) is 0 Å². The zero-order chi connectivity index (χ0) is 9.97. The Morgan fingerprint density at radius 1 is 1.21 bits per heavy atom. The van der Waals surface area contributed by atoms with Crippen molar-refractivity contribution in [2.75, 3.05) is 27.2 Å². The lowest BCUT2D eigenvalue weighted by Gasteiger charge is -2.45. The number of likely N-dealkylation sites (tertiary alicyclic amines) is 1. The quantitative estimate of drug-likeness (QED) is 0.727. The Balaban J connectivity index is 1.69. The fourth-order valence-corrected chi connectivity index (χ4v) is 2.58. The summed E-state index contributed by atoms with van der Waals surface area (Å²) in [5, 5.41) is 3.37. The van der Waals surface area contributed by atoms with Crippen molar-refractivity contribution in [1.82, 2.24) is 10.2 Å². The number of hydrogen-bond acceptors (Lipinski definition) is 3. The van der Waals surface area contributed by atoms with Crippen molar-refractivity contribution < 1.29 is 4.74 Å². The minimum Gasteiger partial charge on any atom is -0.381 e. The van der Waals surface area contributed by atoms with E-state index in [1.54, 1.807) is 0 Å². The van der Waals surface area contributed by atoms with Crippen LogP contribution in [-0.2, 0) is 4.74 Å². The van der Waals surface area contributed by atoms with Crippen LogP contribution in [0.3, 0.4) is 0 Å². The Morgan fingerprint density at radius 3 is 2.36 bits per heavy atom. The number of rotatable bonds is 3. The van der Waals surface area contributed by atoms with Crippen LogP contribution < -0.4 is 5.32 Å².